The lowest BCUT2D eigenvalue weighted by atomic mass is 10.1. The molecule has 6 heteroatoms. The van der Waals surface area contributed by atoms with Crippen molar-refractivity contribution in [2.75, 3.05) is 27.9 Å². The number of aliphatic imine (C=N–C) groups is 1. The van der Waals surface area contributed by atoms with Gasteiger partial charge in [0, 0.05) is 20.2 Å². The Hall–Kier alpha value is -2.73. The number of benzene rings is 2. The standard InChI is InChI=1S/C21H29N3O3/c1-5-22-21(24-14-17-8-6-7-9-18(17)15-25-2)23-13-16-10-11-19(26-3)20(12-16)27-4/h6-12H,5,13-15H2,1-4H3,(H2,22,23,24). The summed E-state index contributed by atoms with van der Waals surface area (Å²) in [6.07, 6.45) is 0. The first-order chi connectivity index (χ1) is 13.2. The molecule has 0 unspecified atom stereocenters. The normalized spacial score (nSPS) is 11.2. The molecule has 2 rings (SSSR count). The average Bonchev–Trinajstić information content (AvgIpc) is 2.71. The maximum atomic E-state index is 5.36. The van der Waals surface area contributed by atoms with Crippen LogP contribution in [-0.2, 0) is 24.4 Å². The predicted octanol–water partition coefficient (Wildman–Crippen LogP) is 3.11. The number of nitrogens with one attached hydrogen (secondary N) is 2. The number of guanidine groups is 1. The van der Waals surface area contributed by atoms with Crippen molar-refractivity contribution in [2.45, 2.75) is 26.6 Å². The molecule has 6 nitrogen and oxygen atoms in total. The molecular weight excluding hydrogens is 342 g/mol. The second kappa shape index (κ2) is 11.1. The van der Waals surface area contributed by atoms with Crippen molar-refractivity contribution < 1.29 is 14.2 Å². The van der Waals surface area contributed by atoms with Crippen LogP contribution in [0.4, 0.5) is 0 Å². The first-order valence-electron chi connectivity index (χ1n) is 9.00. The van der Waals surface area contributed by atoms with Crippen LogP contribution in [0.2, 0.25) is 0 Å². The van der Waals surface area contributed by atoms with E-state index in [9.17, 15) is 0 Å². The van der Waals surface area contributed by atoms with Gasteiger partial charge in [0.1, 0.15) is 0 Å². The average molecular weight is 371 g/mol. The Kier molecular flexibility index (Phi) is 8.45. The van der Waals surface area contributed by atoms with E-state index in [2.05, 4.69) is 27.8 Å². The van der Waals surface area contributed by atoms with Gasteiger partial charge in [0.05, 0.1) is 27.4 Å². The van der Waals surface area contributed by atoms with Gasteiger partial charge in [0.2, 0.25) is 0 Å². The lowest BCUT2D eigenvalue weighted by molar-refractivity contribution is 0.184. The highest BCUT2D eigenvalue weighted by molar-refractivity contribution is 5.79. The van der Waals surface area contributed by atoms with Crippen LogP contribution in [0.3, 0.4) is 0 Å². The molecule has 0 saturated heterocycles. The minimum absolute atomic E-state index is 0.537. The van der Waals surface area contributed by atoms with Gasteiger partial charge in [0.25, 0.3) is 0 Å². The second-order valence-corrected chi connectivity index (χ2v) is 5.94. The van der Waals surface area contributed by atoms with E-state index >= 15 is 0 Å². The molecule has 0 atom stereocenters. The van der Waals surface area contributed by atoms with Crippen molar-refractivity contribution in [3.8, 4) is 11.5 Å². The Morgan fingerprint density at radius 2 is 1.67 bits per heavy atom. The van der Waals surface area contributed by atoms with Crippen molar-refractivity contribution in [1.82, 2.24) is 10.6 Å². The van der Waals surface area contributed by atoms with Gasteiger partial charge >= 0.3 is 0 Å². The molecule has 0 bridgehead atoms. The molecule has 0 fully saturated rings. The van der Waals surface area contributed by atoms with Crippen molar-refractivity contribution >= 4 is 5.96 Å². The topological polar surface area (TPSA) is 64.1 Å². The van der Waals surface area contributed by atoms with Crippen LogP contribution >= 0.6 is 0 Å². The molecule has 27 heavy (non-hydrogen) atoms. The van der Waals surface area contributed by atoms with E-state index in [0.717, 1.165) is 18.1 Å². The maximum Gasteiger partial charge on any atom is 0.191 e. The molecule has 2 N–H and O–H groups in total. The van der Waals surface area contributed by atoms with Crippen LogP contribution in [0, 0.1) is 0 Å². The zero-order valence-electron chi connectivity index (χ0n) is 16.5. The van der Waals surface area contributed by atoms with Crippen LogP contribution in [0.25, 0.3) is 0 Å². The lowest BCUT2D eigenvalue weighted by Gasteiger charge is -2.14. The first-order valence-corrected chi connectivity index (χ1v) is 9.00. The molecule has 0 aliphatic carbocycles. The summed E-state index contributed by atoms with van der Waals surface area (Å²) in [5, 5.41) is 6.66. The van der Waals surface area contributed by atoms with E-state index in [4.69, 9.17) is 14.2 Å². The summed E-state index contributed by atoms with van der Waals surface area (Å²) in [7, 11) is 4.97. The van der Waals surface area contributed by atoms with Gasteiger partial charge in [-0.1, -0.05) is 30.3 Å². The van der Waals surface area contributed by atoms with Gasteiger partial charge < -0.3 is 24.8 Å². The van der Waals surface area contributed by atoms with E-state index < -0.39 is 0 Å². The summed E-state index contributed by atoms with van der Waals surface area (Å²) in [4.78, 5) is 4.67. The fraction of sp³-hybridized carbons (Fsp3) is 0.381. The second-order valence-electron chi connectivity index (χ2n) is 5.94. The van der Waals surface area contributed by atoms with Crippen molar-refractivity contribution in [3.63, 3.8) is 0 Å². The highest BCUT2D eigenvalue weighted by Crippen LogP contribution is 2.27. The molecule has 0 saturated carbocycles. The van der Waals surface area contributed by atoms with Crippen LogP contribution in [-0.4, -0.2) is 33.8 Å². The van der Waals surface area contributed by atoms with Crippen molar-refractivity contribution in [3.05, 3.63) is 59.2 Å². The molecule has 2 aromatic carbocycles. The van der Waals surface area contributed by atoms with Crippen LogP contribution in [0.1, 0.15) is 23.6 Å². The Morgan fingerprint density at radius 3 is 2.33 bits per heavy atom. The fourth-order valence-corrected chi connectivity index (χ4v) is 2.70. The Bertz CT molecular complexity index is 747. The van der Waals surface area contributed by atoms with Gasteiger partial charge in [-0.05, 0) is 35.7 Å². The summed E-state index contributed by atoms with van der Waals surface area (Å²) in [6.45, 7) is 4.65. The third-order valence-corrected chi connectivity index (χ3v) is 4.08. The fourth-order valence-electron chi connectivity index (χ4n) is 2.70. The Balaban J connectivity index is 2.06. The van der Waals surface area contributed by atoms with Gasteiger partial charge in [-0.25, -0.2) is 4.99 Å². The largest absolute Gasteiger partial charge is 0.493 e. The van der Waals surface area contributed by atoms with E-state index in [0.29, 0.717) is 31.2 Å². The summed E-state index contributed by atoms with van der Waals surface area (Å²) in [5.74, 6) is 2.18. The molecule has 0 heterocycles. The summed E-state index contributed by atoms with van der Waals surface area (Å²) in [5.41, 5.74) is 3.41. The number of hydrogen-bond donors (Lipinski definition) is 2. The van der Waals surface area contributed by atoms with E-state index in [1.807, 2.05) is 37.3 Å². The van der Waals surface area contributed by atoms with Gasteiger partial charge in [-0.15, -0.1) is 0 Å². The number of hydrogen-bond acceptors (Lipinski definition) is 4. The van der Waals surface area contributed by atoms with Crippen LogP contribution in [0.15, 0.2) is 47.5 Å². The monoisotopic (exact) mass is 371 g/mol. The van der Waals surface area contributed by atoms with Gasteiger partial charge in [-0.3, -0.25) is 0 Å². The molecule has 0 aliphatic rings. The minimum Gasteiger partial charge on any atom is -0.493 e. The Morgan fingerprint density at radius 1 is 0.926 bits per heavy atom. The van der Waals surface area contributed by atoms with E-state index in [-0.39, 0.29) is 0 Å². The highest BCUT2D eigenvalue weighted by Gasteiger charge is 2.06. The van der Waals surface area contributed by atoms with Crippen molar-refractivity contribution in [1.29, 1.82) is 0 Å². The van der Waals surface area contributed by atoms with Crippen LogP contribution < -0.4 is 20.1 Å². The zero-order chi connectivity index (χ0) is 19.5. The predicted molar refractivity (Wildman–Crippen MR) is 108 cm³/mol. The molecule has 0 aromatic heterocycles. The molecule has 0 aliphatic heterocycles. The van der Waals surface area contributed by atoms with Gasteiger partial charge in [0.15, 0.2) is 17.5 Å². The molecule has 0 spiro atoms. The van der Waals surface area contributed by atoms with E-state index in [1.54, 1.807) is 21.3 Å². The SMILES string of the molecule is CCNC(=NCc1ccc(OC)c(OC)c1)NCc1ccccc1COC. The molecular formula is C21H29N3O3. The third kappa shape index (κ3) is 6.18. The lowest BCUT2D eigenvalue weighted by Crippen LogP contribution is -2.37. The van der Waals surface area contributed by atoms with Gasteiger partial charge in [-0.2, -0.15) is 0 Å². The van der Waals surface area contributed by atoms with E-state index in [1.165, 1.54) is 11.1 Å². The van der Waals surface area contributed by atoms with Crippen molar-refractivity contribution in [2.24, 2.45) is 4.99 Å². The Labute approximate surface area is 161 Å². The highest BCUT2D eigenvalue weighted by atomic mass is 16.5. The zero-order valence-corrected chi connectivity index (χ0v) is 16.5. The minimum atomic E-state index is 0.537. The smallest absolute Gasteiger partial charge is 0.191 e. The first kappa shape index (κ1) is 20.6. The molecule has 0 radical (unpaired) electrons. The summed E-state index contributed by atoms with van der Waals surface area (Å²) in [6, 6.07) is 14.1. The summed E-state index contributed by atoms with van der Waals surface area (Å²) < 4.78 is 15.9. The molecule has 2 aromatic rings. The quantitative estimate of drug-likeness (QED) is 0.524. The molecule has 0 amide bonds. The number of rotatable bonds is 9. The van der Waals surface area contributed by atoms with Crippen LogP contribution in [0.5, 0.6) is 11.5 Å². The maximum absolute atomic E-state index is 5.36. The number of methoxy groups -OCH3 is 3. The summed E-state index contributed by atoms with van der Waals surface area (Å²) >= 11 is 0. The molecule has 146 valence electrons. The third-order valence-electron chi connectivity index (χ3n) is 4.08. The number of ether oxygens (including phenoxy) is 3. The number of nitrogens with zero attached hydrogens (tertiary/aromatic N) is 1.